The summed E-state index contributed by atoms with van der Waals surface area (Å²) < 4.78 is 15.0. The molecular formula is C28H31FN6. The zero-order chi connectivity index (χ0) is 24.3. The molecule has 2 atom stereocenters. The van der Waals surface area contributed by atoms with Crippen molar-refractivity contribution >= 4 is 5.84 Å². The van der Waals surface area contributed by atoms with Crippen LogP contribution in [0.5, 0.6) is 0 Å². The zero-order valence-electron chi connectivity index (χ0n) is 19.8. The average Bonchev–Trinajstić information content (AvgIpc) is 3.66. The molecule has 0 unspecified atom stereocenters. The fourth-order valence-corrected chi connectivity index (χ4v) is 4.13. The Bertz CT molecular complexity index is 1190. The van der Waals surface area contributed by atoms with Crippen LogP contribution >= 0.6 is 0 Å². The van der Waals surface area contributed by atoms with Crippen molar-refractivity contribution in [1.82, 2.24) is 20.6 Å². The molecule has 35 heavy (non-hydrogen) atoms. The fraction of sp³-hybridized carbons (Fsp3) is 0.357. The molecule has 2 aliphatic heterocycles. The molecule has 2 aliphatic rings. The predicted molar refractivity (Wildman–Crippen MR) is 138 cm³/mol. The minimum atomic E-state index is -0.524. The lowest BCUT2D eigenvalue weighted by molar-refractivity contribution is 0.612. The molecule has 0 spiro atoms. The Morgan fingerprint density at radius 3 is 2.74 bits per heavy atom. The third-order valence-electron chi connectivity index (χ3n) is 6.02. The van der Waals surface area contributed by atoms with E-state index < -0.39 is 5.83 Å². The molecule has 180 valence electrons. The van der Waals surface area contributed by atoms with E-state index in [2.05, 4.69) is 61.4 Å². The largest absolute Gasteiger partial charge is 0.386 e. The molecule has 0 bridgehead atoms. The summed E-state index contributed by atoms with van der Waals surface area (Å²) >= 11 is 0. The van der Waals surface area contributed by atoms with E-state index in [1.165, 1.54) is 11.6 Å². The van der Waals surface area contributed by atoms with Gasteiger partial charge in [-0.05, 0) is 86.9 Å². The summed E-state index contributed by atoms with van der Waals surface area (Å²) in [5.74, 6) is 11.9. The fourth-order valence-electron chi connectivity index (χ4n) is 4.13. The molecular weight excluding hydrogens is 439 g/mol. The summed E-state index contributed by atoms with van der Waals surface area (Å²) in [4.78, 5) is 11.9. The molecule has 3 heterocycles. The smallest absolute Gasteiger partial charge is 0.157 e. The van der Waals surface area contributed by atoms with E-state index in [0.29, 0.717) is 18.0 Å². The van der Waals surface area contributed by atoms with Crippen molar-refractivity contribution in [2.45, 2.75) is 50.6 Å². The van der Waals surface area contributed by atoms with Crippen LogP contribution in [0.3, 0.4) is 0 Å². The standard InChI is InChI=1S/C28H31FN6/c29-23(14-6-4-12-21-10-2-1-3-11-21)24(35-27(30)25-16-8-18-31-25)15-7-5-13-22-20-33-28(34-22)26-17-9-19-32-26/h1-3,6,10-11,14,20,25-26,31-32H,4,8-9,12,16-19H2,(H2,30,35)(H,33,34)/b14-6-,24-23+/t25-,26-/m0/s1. The summed E-state index contributed by atoms with van der Waals surface area (Å²) in [5.41, 5.74) is 8.01. The molecule has 2 fully saturated rings. The highest BCUT2D eigenvalue weighted by Crippen LogP contribution is 2.19. The lowest BCUT2D eigenvalue weighted by Gasteiger charge is -2.08. The molecule has 1 aromatic carbocycles. The normalized spacial score (nSPS) is 20.8. The van der Waals surface area contributed by atoms with E-state index in [0.717, 1.165) is 51.0 Å². The van der Waals surface area contributed by atoms with Gasteiger partial charge in [0.2, 0.25) is 0 Å². The highest BCUT2D eigenvalue weighted by molar-refractivity contribution is 5.87. The number of nitrogens with two attached hydrogens (primary N) is 1. The van der Waals surface area contributed by atoms with Crippen LogP contribution in [0.4, 0.5) is 4.39 Å². The molecule has 2 aromatic rings. The van der Waals surface area contributed by atoms with E-state index in [9.17, 15) is 0 Å². The second-order valence-electron chi connectivity index (χ2n) is 8.64. The maximum Gasteiger partial charge on any atom is 0.157 e. The van der Waals surface area contributed by atoms with E-state index >= 15 is 4.39 Å². The molecule has 1 aromatic heterocycles. The van der Waals surface area contributed by atoms with E-state index in [1.807, 2.05) is 18.2 Å². The van der Waals surface area contributed by atoms with E-state index in [1.54, 1.807) is 12.3 Å². The summed E-state index contributed by atoms with van der Waals surface area (Å²) in [6.45, 7) is 1.88. The van der Waals surface area contributed by atoms with Crippen LogP contribution < -0.4 is 16.4 Å². The molecule has 7 heteroatoms. The molecule has 0 amide bonds. The van der Waals surface area contributed by atoms with Gasteiger partial charge >= 0.3 is 0 Å². The first-order valence-electron chi connectivity index (χ1n) is 12.2. The molecule has 0 saturated carbocycles. The molecule has 4 rings (SSSR count). The Morgan fingerprint density at radius 2 is 1.97 bits per heavy atom. The first-order chi connectivity index (χ1) is 17.2. The van der Waals surface area contributed by atoms with Gasteiger partial charge in [0, 0.05) is 0 Å². The summed E-state index contributed by atoms with van der Waals surface area (Å²) in [7, 11) is 0. The van der Waals surface area contributed by atoms with Crippen LogP contribution in [-0.2, 0) is 6.42 Å². The van der Waals surface area contributed by atoms with Gasteiger partial charge < -0.3 is 21.4 Å². The number of rotatable bonds is 7. The van der Waals surface area contributed by atoms with E-state index in [4.69, 9.17) is 5.73 Å². The number of amidine groups is 1. The minimum absolute atomic E-state index is 0.0121. The summed E-state index contributed by atoms with van der Waals surface area (Å²) in [6, 6.07) is 10.3. The quantitative estimate of drug-likeness (QED) is 0.215. The van der Waals surface area contributed by atoms with Gasteiger partial charge in [0.15, 0.2) is 11.5 Å². The number of aliphatic imine (C=N–C) groups is 1. The van der Waals surface area contributed by atoms with Gasteiger partial charge in [-0.15, -0.1) is 0 Å². The maximum atomic E-state index is 15.0. The number of imidazole rings is 1. The van der Waals surface area contributed by atoms with Gasteiger partial charge in [-0.3, -0.25) is 0 Å². The van der Waals surface area contributed by atoms with E-state index in [-0.39, 0.29) is 17.8 Å². The molecule has 0 aliphatic carbocycles. The number of H-pyrrole nitrogens is 1. The van der Waals surface area contributed by atoms with Gasteiger partial charge in [-0.1, -0.05) is 36.4 Å². The predicted octanol–water partition coefficient (Wildman–Crippen LogP) is 3.67. The number of nitrogens with zero attached hydrogens (tertiary/aromatic N) is 2. The Balaban J connectivity index is 1.47. The summed E-state index contributed by atoms with van der Waals surface area (Å²) in [6.07, 6.45) is 10.5. The Hall–Kier alpha value is -3.65. The molecule has 2 saturated heterocycles. The number of nitrogens with one attached hydrogen (secondary N) is 3. The molecule has 5 N–H and O–H groups in total. The molecule has 6 nitrogen and oxygen atoms in total. The van der Waals surface area contributed by atoms with Crippen LogP contribution in [0.2, 0.25) is 0 Å². The maximum absolute atomic E-state index is 15.0. The average molecular weight is 471 g/mol. The number of aryl methyl sites for hydroxylation is 1. The first-order valence-corrected chi connectivity index (χ1v) is 12.2. The summed E-state index contributed by atoms with van der Waals surface area (Å²) in [5, 5.41) is 6.67. The first kappa shape index (κ1) is 24.5. The Labute approximate surface area is 206 Å². The zero-order valence-corrected chi connectivity index (χ0v) is 19.8. The Kier molecular flexibility index (Phi) is 8.89. The topological polar surface area (TPSA) is 91.1 Å². The van der Waals surface area contributed by atoms with Gasteiger partial charge in [0.05, 0.1) is 18.3 Å². The lowest BCUT2D eigenvalue weighted by Crippen LogP contribution is -2.36. The number of aromatic nitrogens is 2. The number of aromatic amines is 1. The van der Waals surface area contributed by atoms with Crippen molar-refractivity contribution in [3.63, 3.8) is 0 Å². The van der Waals surface area contributed by atoms with Crippen LogP contribution in [0.25, 0.3) is 0 Å². The lowest BCUT2D eigenvalue weighted by atomic mass is 10.1. The highest BCUT2D eigenvalue weighted by atomic mass is 19.1. The van der Waals surface area contributed by atoms with Crippen LogP contribution in [-0.4, -0.2) is 34.9 Å². The third kappa shape index (κ3) is 7.42. The number of benzene rings is 1. The van der Waals surface area contributed by atoms with Gasteiger partial charge in [-0.25, -0.2) is 14.4 Å². The van der Waals surface area contributed by atoms with Crippen LogP contribution in [0, 0.1) is 23.7 Å². The molecule has 0 radical (unpaired) electrons. The van der Waals surface area contributed by atoms with Crippen molar-refractivity contribution in [2.75, 3.05) is 13.1 Å². The van der Waals surface area contributed by atoms with Crippen molar-refractivity contribution in [3.05, 3.63) is 77.3 Å². The minimum Gasteiger partial charge on any atom is -0.386 e. The SMILES string of the molecule is N\C(=N/C(C#CC#Cc1cnc([C@@H]2CCCN2)[nH]1)=C(F)\C=C/CCc1ccccc1)[C@@H]1CCCN1. The third-order valence-corrected chi connectivity index (χ3v) is 6.02. The van der Waals surface area contributed by atoms with Crippen molar-refractivity contribution in [1.29, 1.82) is 0 Å². The van der Waals surface area contributed by atoms with Crippen molar-refractivity contribution in [3.8, 4) is 23.7 Å². The second-order valence-corrected chi connectivity index (χ2v) is 8.64. The van der Waals surface area contributed by atoms with Gasteiger partial charge in [0.25, 0.3) is 0 Å². The number of hydrogen-bond donors (Lipinski definition) is 4. The van der Waals surface area contributed by atoms with Crippen LogP contribution in [0.15, 0.2) is 65.2 Å². The number of allylic oxidation sites excluding steroid dienone is 4. The monoisotopic (exact) mass is 470 g/mol. The number of halogens is 1. The van der Waals surface area contributed by atoms with Crippen molar-refractivity contribution in [2.24, 2.45) is 10.7 Å². The van der Waals surface area contributed by atoms with Crippen molar-refractivity contribution < 1.29 is 4.39 Å². The van der Waals surface area contributed by atoms with Gasteiger partial charge in [-0.2, -0.15) is 0 Å². The number of hydrogen-bond acceptors (Lipinski definition) is 4. The van der Waals surface area contributed by atoms with Crippen LogP contribution in [0.1, 0.15) is 55.2 Å². The van der Waals surface area contributed by atoms with Gasteiger partial charge in [0.1, 0.15) is 17.4 Å². The highest BCUT2D eigenvalue weighted by Gasteiger charge is 2.19. The Morgan fingerprint density at radius 1 is 1.14 bits per heavy atom. The second kappa shape index (κ2) is 12.7.